The molecule has 0 aromatic heterocycles. The molecule has 0 saturated carbocycles. The number of morpholine rings is 1. The first-order valence-electron chi connectivity index (χ1n) is 6.63. The molecule has 0 N–H and O–H groups in total. The van der Waals surface area contributed by atoms with Crippen LogP contribution in [0, 0.1) is 17.0 Å². The van der Waals surface area contributed by atoms with Crippen LogP contribution in [0.3, 0.4) is 0 Å². The second-order valence-electron chi connectivity index (χ2n) is 5.26. The van der Waals surface area contributed by atoms with E-state index in [9.17, 15) is 18.5 Å². The second-order valence-corrected chi connectivity index (χ2v) is 7.13. The predicted molar refractivity (Wildman–Crippen MR) is 76.6 cm³/mol. The number of benzene rings is 1. The van der Waals surface area contributed by atoms with Crippen molar-refractivity contribution in [1.82, 2.24) is 4.31 Å². The van der Waals surface area contributed by atoms with Crippen molar-refractivity contribution in [3.05, 3.63) is 33.9 Å². The van der Waals surface area contributed by atoms with Gasteiger partial charge in [0.2, 0.25) is 10.0 Å². The number of nitro benzene ring substituents is 1. The molecule has 1 heterocycles. The highest BCUT2D eigenvalue weighted by Crippen LogP contribution is 2.31. The first-order valence-corrected chi connectivity index (χ1v) is 8.07. The second kappa shape index (κ2) is 5.70. The summed E-state index contributed by atoms with van der Waals surface area (Å²) in [5.41, 5.74) is -0.0159. The normalized spacial score (nSPS) is 24.0. The molecule has 21 heavy (non-hydrogen) atoms. The van der Waals surface area contributed by atoms with Crippen molar-refractivity contribution < 1.29 is 18.1 Å². The Morgan fingerprint density at radius 1 is 1.29 bits per heavy atom. The maximum Gasteiger partial charge on any atom is 0.289 e. The summed E-state index contributed by atoms with van der Waals surface area (Å²) in [6, 6.07) is 4.26. The Morgan fingerprint density at radius 3 is 2.38 bits per heavy atom. The molecule has 0 radical (unpaired) electrons. The van der Waals surface area contributed by atoms with Gasteiger partial charge in [-0.25, -0.2) is 8.42 Å². The van der Waals surface area contributed by atoms with Gasteiger partial charge in [-0.15, -0.1) is 0 Å². The number of rotatable bonds is 3. The van der Waals surface area contributed by atoms with E-state index >= 15 is 0 Å². The zero-order chi connectivity index (χ0) is 15.8. The van der Waals surface area contributed by atoms with Crippen LogP contribution in [0.4, 0.5) is 5.69 Å². The van der Waals surface area contributed by atoms with Crippen LogP contribution in [0.25, 0.3) is 0 Å². The summed E-state index contributed by atoms with van der Waals surface area (Å²) in [4.78, 5) is 10.2. The lowest BCUT2D eigenvalue weighted by atomic mass is 10.2. The lowest BCUT2D eigenvalue weighted by Gasteiger charge is -2.34. The topological polar surface area (TPSA) is 89.8 Å². The molecule has 0 spiro atoms. The molecule has 0 unspecified atom stereocenters. The van der Waals surface area contributed by atoms with Gasteiger partial charge in [0.25, 0.3) is 5.69 Å². The number of hydrogen-bond acceptors (Lipinski definition) is 5. The number of sulfonamides is 1. The molecule has 0 bridgehead atoms. The minimum absolute atomic E-state index is 0.193. The summed E-state index contributed by atoms with van der Waals surface area (Å²) in [6.45, 7) is 5.51. The van der Waals surface area contributed by atoms with Crippen molar-refractivity contribution in [2.45, 2.75) is 37.9 Å². The minimum Gasteiger partial charge on any atom is -0.373 e. The lowest BCUT2D eigenvalue weighted by molar-refractivity contribution is -0.388. The molecule has 1 aliphatic rings. The Labute approximate surface area is 123 Å². The highest BCUT2D eigenvalue weighted by atomic mass is 32.2. The van der Waals surface area contributed by atoms with Crippen molar-refractivity contribution in [3.63, 3.8) is 0 Å². The largest absolute Gasteiger partial charge is 0.373 e. The van der Waals surface area contributed by atoms with E-state index in [1.807, 2.05) is 0 Å². The first-order chi connectivity index (χ1) is 9.73. The van der Waals surface area contributed by atoms with Crippen molar-refractivity contribution in [2.24, 2.45) is 0 Å². The molecule has 2 atom stereocenters. The highest BCUT2D eigenvalue weighted by Gasteiger charge is 2.37. The highest BCUT2D eigenvalue weighted by molar-refractivity contribution is 7.89. The molecule has 116 valence electrons. The number of nitro groups is 1. The standard InChI is InChI=1S/C13H18N2O5S/c1-9-5-4-6-12(15(16)17)13(9)21(18,19)14-7-10(2)20-11(3)8-14/h4-6,10-11H,7-8H2,1-3H3/t10-,11-/m1/s1. The van der Waals surface area contributed by atoms with E-state index in [0.29, 0.717) is 5.56 Å². The number of hydrogen-bond donors (Lipinski definition) is 0. The average molecular weight is 314 g/mol. The van der Waals surface area contributed by atoms with Crippen LogP contribution >= 0.6 is 0 Å². The third-order valence-corrected chi connectivity index (χ3v) is 5.40. The maximum absolute atomic E-state index is 12.8. The zero-order valence-corrected chi connectivity index (χ0v) is 13.0. The number of aryl methyl sites for hydroxylation is 1. The van der Waals surface area contributed by atoms with Gasteiger partial charge in [0.05, 0.1) is 17.1 Å². The third-order valence-electron chi connectivity index (χ3n) is 3.37. The smallest absolute Gasteiger partial charge is 0.289 e. The van der Waals surface area contributed by atoms with E-state index in [1.54, 1.807) is 26.8 Å². The van der Waals surface area contributed by atoms with Gasteiger partial charge >= 0.3 is 0 Å². The summed E-state index contributed by atoms with van der Waals surface area (Å²) >= 11 is 0. The van der Waals surface area contributed by atoms with Crippen LogP contribution in [0.15, 0.2) is 23.1 Å². The predicted octanol–water partition coefficient (Wildman–Crippen LogP) is 1.70. The van der Waals surface area contributed by atoms with Gasteiger partial charge in [-0.05, 0) is 26.3 Å². The first kappa shape index (κ1) is 15.9. The van der Waals surface area contributed by atoms with Crippen molar-refractivity contribution in [2.75, 3.05) is 13.1 Å². The number of nitrogens with zero attached hydrogens (tertiary/aromatic N) is 2. The SMILES string of the molecule is Cc1cccc([N+](=O)[O-])c1S(=O)(=O)N1C[C@@H](C)O[C@H](C)C1. The molecular formula is C13H18N2O5S. The van der Waals surface area contributed by atoms with Crippen molar-refractivity contribution in [3.8, 4) is 0 Å². The quantitative estimate of drug-likeness (QED) is 0.625. The Morgan fingerprint density at radius 2 is 1.86 bits per heavy atom. The molecule has 0 amide bonds. The van der Waals surface area contributed by atoms with Gasteiger partial charge in [-0.2, -0.15) is 4.31 Å². The van der Waals surface area contributed by atoms with E-state index in [1.165, 1.54) is 16.4 Å². The Hall–Kier alpha value is -1.51. The maximum atomic E-state index is 12.8. The van der Waals surface area contributed by atoms with E-state index in [-0.39, 0.29) is 35.9 Å². The molecule has 1 aliphatic heterocycles. The summed E-state index contributed by atoms with van der Waals surface area (Å²) < 4.78 is 32.4. The molecule has 1 aromatic carbocycles. The van der Waals surface area contributed by atoms with Crippen LogP contribution in [0.5, 0.6) is 0 Å². The van der Waals surface area contributed by atoms with Crippen molar-refractivity contribution in [1.29, 1.82) is 0 Å². The van der Waals surface area contributed by atoms with Crippen LogP contribution < -0.4 is 0 Å². The van der Waals surface area contributed by atoms with E-state index in [0.717, 1.165) is 0 Å². The molecule has 0 aliphatic carbocycles. The zero-order valence-electron chi connectivity index (χ0n) is 12.1. The Kier molecular flexibility index (Phi) is 4.31. The minimum atomic E-state index is -3.92. The lowest BCUT2D eigenvalue weighted by Crippen LogP contribution is -2.48. The molecule has 8 heteroatoms. The fraction of sp³-hybridized carbons (Fsp3) is 0.538. The summed E-state index contributed by atoms with van der Waals surface area (Å²) in [7, 11) is -3.92. The monoisotopic (exact) mass is 314 g/mol. The average Bonchev–Trinajstić information content (AvgIpc) is 2.36. The molecule has 7 nitrogen and oxygen atoms in total. The number of ether oxygens (including phenoxy) is 1. The van der Waals surface area contributed by atoms with E-state index < -0.39 is 14.9 Å². The van der Waals surface area contributed by atoms with Gasteiger partial charge in [-0.3, -0.25) is 10.1 Å². The van der Waals surface area contributed by atoms with E-state index in [4.69, 9.17) is 4.74 Å². The summed E-state index contributed by atoms with van der Waals surface area (Å²) in [5.74, 6) is 0. The molecular weight excluding hydrogens is 296 g/mol. The molecule has 2 rings (SSSR count). The molecule has 1 saturated heterocycles. The van der Waals surface area contributed by atoms with Crippen molar-refractivity contribution >= 4 is 15.7 Å². The van der Waals surface area contributed by atoms with Crippen LogP contribution in [0.2, 0.25) is 0 Å². The Bertz CT molecular complexity index is 649. The van der Waals surface area contributed by atoms with Gasteiger partial charge in [0.15, 0.2) is 4.90 Å². The fourth-order valence-electron chi connectivity index (χ4n) is 2.57. The van der Waals surface area contributed by atoms with Gasteiger partial charge in [0.1, 0.15) is 0 Å². The van der Waals surface area contributed by atoms with Crippen LogP contribution in [-0.4, -0.2) is 42.9 Å². The van der Waals surface area contributed by atoms with Crippen LogP contribution in [0.1, 0.15) is 19.4 Å². The summed E-state index contributed by atoms with van der Waals surface area (Å²) in [5, 5.41) is 11.1. The summed E-state index contributed by atoms with van der Waals surface area (Å²) in [6.07, 6.45) is -0.488. The van der Waals surface area contributed by atoms with E-state index in [2.05, 4.69) is 0 Å². The molecule has 1 fully saturated rings. The fourth-order valence-corrected chi connectivity index (χ4v) is 4.52. The van der Waals surface area contributed by atoms with Gasteiger partial charge in [0, 0.05) is 19.2 Å². The van der Waals surface area contributed by atoms with Crippen LogP contribution in [-0.2, 0) is 14.8 Å². The Balaban J connectivity index is 2.52. The van der Waals surface area contributed by atoms with Gasteiger partial charge < -0.3 is 4.74 Å². The van der Waals surface area contributed by atoms with Gasteiger partial charge in [-0.1, -0.05) is 12.1 Å². The third kappa shape index (κ3) is 3.07. The molecule has 1 aromatic rings.